The molecule has 23 heavy (non-hydrogen) atoms. The van der Waals surface area contributed by atoms with Crippen molar-refractivity contribution in [1.82, 2.24) is 5.32 Å². The van der Waals surface area contributed by atoms with E-state index in [0.717, 1.165) is 19.3 Å². The van der Waals surface area contributed by atoms with Gasteiger partial charge in [0.15, 0.2) is 0 Å². The van der Waals surface area contributed by atoms with Gasteiger partial charge in [-0.15, -0.1) is 0 Å². The predicted molar refractivity (Wildman–Crippen MR) is 95.1 cm³/mol. The molecule has 2 heteroatoms. The van der Waals surface area contributed by atoms with Crippen molar-refractivity contribution in [1.29, 1.82) is 0 Å². The monoisotopic (exact) mass is 309 g/mol. The second kappa shape index (κ2) is 6.86. The van der Waals surface area contributed by atoms with Gasteiger partial charge in [0.1, 0.15) is 0 Å². The summed E-state index contributed by atoms with van der Waals surface area (Å²) in [4.78, 5) is 0. The van der Waals surface area contributed by atoms with E-state index >= 15 is 0 Å². The summed E-state index contributed by atoms with van der Waals surface area (Å²) in [5, 5.41) is 15.0. The molecule has 0 amide bonds. The lowest BCUT2D eigenvalue weighted by Gasteiger charge is -2.47. The number of hydrogen-bond acceptors (Lipinski definition) is 2. The molecule has 2 aromatic carbocycles. The zero-order chi connectivity index (χ0) is 16.3. The summed E-state index contributed by atoms with van der Waals surface area (Å²) in [6.45, 7) is 4.21. The summed E-state index contributed by atoms with van der Waals surface area (Å²) in [5.74, 6) is 0.231. The fourth-order valence-electron chi connectivity index (χ4n) is 3.99. The second-order valence-corrected chi connectivity index (χ2v) is 6.97. The molecule has 1 aliphatic heterocycles. The van der Waals surface area contributed by atoms with Gasteiger partial charge < -0.3 is 10.4 Å². The Hall–Kier alpha value is -1.64. The standard InChI is InChI=1S/C21H27NO/c1-3-10-18-20(17-13-8-5-9-14-17)22-19(15-21(18,2)23)16-11-6-4-7-12-16/h4-9,11-14,18-20,22-23H,3,10,15H2,1-2H3/t18-,19-,20-,21+/m0/s1. The summed E-state index contributed by atoms with van der Waals surface area (Å²) in [7, 11) is 0. The molecule has 0 aliphatic carbocycles. The zero-order valence-corrected chi connectivity index (χ0v) is 14.1. The molecule has 0 unspecified atom stereocenters. The minimum atomic E-state index is -0.664. The van der Waals surface area contributed by atoms with E-state index in [9.17, 15) is 5.11 Å². The Kier molecular flexibility index (Phi) is 4.84. The maximum atomic E-state index is 11.2. The molecule has 2 nitrogen and oxygen atoms in total. The van der Waals surface area contributed by atoms with Crippen LogP contribution in [0, 0.1) is 5.92 Å². The third-order valence-corrected chi connectivity index (χ3v) is 5.16. The van der Waals surface area contributed by atoms with Crippen molar-refractivity contribution in [3.63, 3.8) is 0 Å². The molecule has 1 aliphatic rings. The zero-order valence-electron chi connectivity index (χ0n) is 14.1. The number of aliphatic hydroxyl groups is 1. The summed E-state index contributed by atoms with van der Waals surface area (Å²) in [6, 6.07) is 21.4. The van der Waals surface area contributed by atoms with Crippen LogP contribution in [0.3, 0.4) is 0 Å². The minimum absolute atomic E-state index is 0.185. The van der Waals surface area contributed by atoms with E-state index in [0.29, 0.717) is 0 Å². The molecule has 2 N–H and O–H groups in total. The van der Waals surface area contributed by atoms with Crippen LogP contribution in [0.2, 0.25) is 0 Å². The van der Waals surface area contributed by atoms with Gasteiger partial charge in [-0.1, -0.05) is 74.0 Å². The Morgan fingerprint density at radius 3 is 2.13 bits per heavy atom. The van der Waals surface area contributed by atoms with Crippen LogP contribution >= 0.6 is 0 Å². The van der Waals surface area contributed by atoms with Gasteiger partial charge in [-0.2, -0.15) is 0 Å². The third-order valence-electron chi connectivity index (χ3n) is 5.16. The first kappa shape index (κ1) is 16.2. The fraction of sp³-hybridized carbons (Fsp3) is 0.429. The Labute approximate surface area is 139 Å². The van der Waals surface area contributed by atoms with Crippen molar-refractivity contribution in [3.8, 4) is 0 Å². The Morgan fingerprint density at radius 1 is 1.00 bits per heavy atom. The first-order chi connectivity index (χ1) is 11.1. The average molecular weight is 309 g/mol. The lowest BCUT2D eigenvalue weighted by molar-refractivity contribution is -0.0636. The first-order valence-corrected chi connectivity index (χ1v) is 8.70. The molecule has 1 saturated heterocycles. The Morgan fingerprint density at radius 2 is 1.57 bits per heavy atom. The van der Waals surface area contributed by atoms with Crippen LogP contribution in [0.15, 0.2) is 60.7 Å². The van der Waals surface area contributed by atoms with E-state index in [1.807, 2.05) is 19.1 Å². The number of benzene rings is 2. The molecule has 0 spiro atoms. The molecule has 1 heterocycles. The van der Waals surface area contributed by atoms with Crippen LogP contribution in [0.5, 0.6) is 0 Å². The number of rotatable bonds is 4. The molecule has 0 radical (unpaired) electrons. The van der Waals surface area contributed by atoms with E-state index < -0.39 is 5.60 Å². The van der Waals surface area contributed by atoms with Gasteiger partial charge in [0.2, 0.25) is 0 Å². The van der Waals surface area contributed by atoms with Crippen LogP contribution in [-0.2, 0) is 0 Å². The van der Waals surface area contributed by atoms with E-state index in [1.165, 1.54) is 11.1 Å². The smallest absolute Gasteiger partial charge is 0.0684 e. The molecular weight excluding hydrogens is 282 g/mol. The molecule has 0 bridgehead atoms. The van der Waals surface area contributed by atoms with Crippen molar-refractivity contribution in [2.45, 2.75) is 50.8 Å². The molecular formula is C21H27NO. The number of nitrogens with one attached hydrogen (secondary N) is 1. The maximum absolute atomic E-state index is 11.2. The molecule has 0 saturated carbocycles. The van der Waals surface area contributed by atoms with Gasteiger partial charge >= 0.3 is 0 Å². The third kappa shape index (κ3) is 3.49. The van der Waals surface area contributed by atoms with Crippen molar-refractivity contribution >= 4 is 0 Å². The highest BCUT2D eigenvalue weighted by Gasteiger charge is 2.44. The average Bonchev–Trinajstić information content (AvgIpc) is 2.58. The van der Waals surface area contributed by atoms with Crippen molar-refractivity contribution < 1.29 is 5.11 Å². The molecule has 122 valence electrons. The predicted octanol–water partition coefficient (Wildman–Crippen LogP) is 4.63. The summed E-state index contributed by atoms with van der Waals surface area (Å²) < 4.78 is 0. The van der Waals surface area contributed by atoms with Gasteiger partial charge in [0.05, 0.1) is 5.60 Å². The van der Waals surface area contributed by atoms with E-state index in [1.54, 1.807) is 0 Å². The van der Waals surface area contributed by atoms with Crippen molar-refractivity contribution in [2.75, 3.05) is 0 Å². The first-order valence-electron chi connectivity index (χ1n) is 8.70. The SMILES string of the molecule is CCC[C@H]1[C@H](c2ccccc2)N[C@H](c2ccccc2)C[C@@]1(C)O. The fourth-order valence-corrected chi connectivity index (χ4v) is 3.99. The van der Waals surface area contributed by atoms with E-state index in [2.05, 4.69) is 60.8 Å². The quantitative estimate of drug-likeness (QED) is 0.863. The van der Waals surface area contributed by atoms with Crippen LogP contribution < -0.4 is 5.32 Å². The highest BCUT2D eigenvalue weighted by atomic mass is 16.3. The van der Waals surface area contributed by atoms with Crippen LogP contribution in [0.25, 0.3) is 0 Å². The maximum Gasteiger partial charge on any atom is 0.0684 e. The molecule has 3 rings (SSSR count). The molecule has 0 aromatic heterocycles. The van der Waals surface area contributed by atoms with Crippen LogP contribution in [-0.4, -0.2) is 10.7 Å². The molecule has 4 atom stereocenters. The summed E-state index contributed by atoms with van der Waals surface area (Å²) in [6.07, 6.45) is 2.87. The largest absolute Gasteiger partial charge is 0.390 e. The second-order valence-electron chi connectivity index (χ2n) is 6.97. The molecule has 2 aromatic rings. The van der Waals surface area contributed by atoms with E-state index in [-0.39, 0.29) is 18.0 Å². The van der Waals surface area contributed by atoms with E-state index in [4.69, 9.17) is 0 Å². The van der Waals surface area contributed by atoms with Crippen molar-refractivity contribution in [3.05, 3.63) is 71.8 Å². The number of hydrogen-bond donors (Lipinski definition) is 2. The minimum Gasteiger partial charge on any atom is -0.390 e. The van der Waals surface area contributed by atoms with Gasteiger partial charge in [0.25, 0.3) is 0 Å². The summed E-state index contributed by atoms with van der Waals surface area (Å²) in [5.41, 5.74) is 1.86. The van der Waals surface area contributed by atoms with Gasteiger partial charge in [-0.05, 0) is 30.9 Å². The molecule has 1 fully saturated rings. The van der Waals surface area contributed by atoms with Gasteiger partial charge in [0, 0.05) is 18.0 Å². The Bertz CT molecular complexity index is 608. The Balaban J connectivity index is 1.95. The normalized spacial score (nSPS) is 31.0. The van der Waals surface area contributed by atoms with Gasteiger partial charge in [-0.3, -0.25) is 0 Å². The van der Waals surface area contributed by atoms with Crippen molar-refractivity contribution in [2.24, 2.45) is 5.92 Å². The highest BCUT2D eigenvalue weighted by Crippen LogP contribution is 2.44. The lowest BCUT2D eigenvalue weighted by Crippen LogP contribution is -2.51. The lowest BCUT2D eigenvalue weighted by atomic mass is 9.70. The van der Waals surface area contributed by atoms with Crippen LogP contribution in [0.4, 0.5) is 0 Å². The topological polar surface area (TPSA) is 32.3 Å². The van der Waals surface area contributed by atoms with Crippen LogP contribution in [0.1, 0.15) is 56.3 Å². The summed E-state index contributed by atoms with van der Waals surface area (Å²) >= 11 is 0. The highest BCUT2D eigenvalue weighted by molar-refractivity contribution is 5.26. The van der Waals surface area contributed by atoms with Gasteiger partial charge in [-0.25, -0.2) is 0 Å². The number of piperidine rings is 1.